The Bertz CT molecular complexity index is 1140. The third kappa shape index (κ3) is 4.64. The molecule has 3 heterocycles. The maximum atomic E-state index is 12.8. The van der Waals surface area contributed by atoms with Crippen molar-refractivity contribution in [2.45, 2.75) is 6.42 Å². The van der Waals surface area contributed by atoms with Crippen molar-refractivity contribution in [3.05, 3.63) is 86.5 Å². The van der Waals surface area contributed by atoms with Gasteiger partial charge in [-0.25, -0.2) is 0 Å². The van der Waals surface area contributed by atoms with E-state index in [0.29, 0.717) is 17.8 Å². The van der Waals surface area contributed by atoms with Crippen LogP contribution in [0.25, 0.3) is 17.0 Å². The SMILES string of the molecule is O=C(NCCc1c[nH]c2ccccc12)/C(=C\c1cccs1)NC(=O)c1cccs1. The molecule has 3 N–H and O–H groups in total. The standard InChI is InChI=1S/C22H19N3O2S2/c26-21(23-10-9-15-14-24-18-7-2-1-6-17(15)18)19(13-16-5-3-11-28-16)25-22(27)20-8-4-12-29-20/h1-8,11-14,24H,9-10H2,(H,23,26)(H,25,27)/b19-13+. The fraction of sp³-hybridized carbons (Fsp3) is 0.0909. The van der Waals surface area contributed by atoms with Gasteiger partial charge in [0.05, 0.1) is 4.88 Å². The minimum atomic E-state index is -0.303. The number of para-hydroxylation sites is 1. The maximum Gasteiger partial charge on any atom is 0.267 e. The van der Waals surface area contributed by atoms with E-state index in [1.807, 2.05) is 53.4 Å². The molecule has 7 heteroatoms. The summed E-state index contributed by atoms with van der Waals surface area (Å²) in [5, 5.41) is 10.6. The molecule has 0 radical (unpaired) electrons. The van der Waals surface area contributed by atoms with Gasteiger partial charge in [0.1, 0.15) is 5.70 Å². The van der Waals surface area contributed by atoms with Crippen LogP contribution in [0, 0.1) is 0 Å². The molecule has 4 rings (SSSR count). The van der Waals surface area contributed by atoms with Crippen LogP contribution in [0.5, 0.6) is 0 Å². The summed E-state index contributed by atoms with van der Waals surface area (Å²) in [4.78, 5) is 29.9. The summed E-state index contributed by atoms with van der Waals surface area (Å²) in [6.45, 7) is 0.470. The number of hydrogen-bond donors (Lipinski definition) is 3. The van der Waals surface area contributed by atoms with E-state index < -0.39 is 0 Å². The lowest BCUT2D eigenvalue weighted by Gasteiger charge is -2.10. The molecule has 0 aliphatic rings. The van der Waals surface area contributed by atoms with Crippen molar-refractivity contribution in [2.75, 3.05) is 6.54 Å². The van der Waals surface area contributed by atoms with Crippen molar-refractivity contribution in [2.24, 2.45) is 0 Å². The highest BCUT2D eigenvalue weighted by Crippen LogP contribution is 2.18. The number of benzene rings is 1. The fourth-order valence-electron chi connectivity index (χ4n) is 3.01. The summed E-state index contributed by atoms with van der Waals surface area (Å²) in [7, 11) is 0. The van der Waals surface area contributed by atoms with Gasteiger partial charge in [0.2, 0.25) is 0 Å². The van der Waals surface area contributed by atoms with Crippen molar-refractivity contribution in [1.29, 1.82) is 0 Å². The van der Waals surface area contributed by atoms with E-state index in [1.165, 1.54) is 22.7 Å². The molecule has 5 nitrogen and oxygen atoms in total. The van der Waals surface area contributed by atoms with Crippen LogP contribution in [-0.4, -0.2) is 23.3 Å². The monoisotopic (exact) mass is 421 g/mol. The van der Waals surface area contributed by atoms with Gasteiger partial charge in [0.25, 0.3) is 11.8 Å². The molecule has 0 aliphatic carbocycles. The number of hydrogen-bond acceptors (Lipinski definition) is 4. The van der Waals surface area contributed by atoms with Crippen LogP contribution in [0.2, 0.25) is 0 Å². The van der Waals surface area contributed by atoms with Crippen LogP contribution in [0.1, 0.15) is 20.1 Å². The first-order valence-electron chi connectivity index (χ1n) is 9.14. The highest BCUT2D eigenvalue weighted by molar-refractivity contribution is 7.12. The van der Waals surface area contributed by atoms with E-state index in [4.69, 9.17) is 0 Å². The van der Waals surface area contributed by atoms with Gasteiger partial charge >= 0.3 is 0 Å². The Morgan fingerprint density at radius 1 is 1.00 bits per heavy atom. The maximum absolute atomic E-state index is 12.8. The predicted octanol–water partition coefficient (Wildman–Crippen LogP) is 4.42. The molecular weight excluding hydrogens is 402 g/mol. The molecule has 0 bridgehead atoms. The number of rotatable bonds is 7. The Morgan fingerprint density at radius 2 is 1.83 bits per heavy atom. The van der Waals surface area contributed by atoms with E-state index in [1.54, 1.807) is 12.1 Å². The Kier molecular flexibility index (Phi) is 5.88. The largest absolute Gasteiger partial charge is 0.361 e. The Hall–Kier alpha value is -3.16. The van der Waals surface area contributed by atoms with E-state index in [2.05, 4.69) is 21.7 Å². The molecule has 4 aromatic rings. The van der Waals surface area contributed by atoms with E-state index in [9.17, 15) is 9.59 Å². The number of carbonyl (C=O) groups is 2. The quantitative estimate of drug-likeness (QED) is 0.387. The molecule has 1 aromatic carbocycles. The molecule has 146 valence electrons. The molecular formula is C22H19N3O2S2. The number of H-pyrrole nitrogens is 1. The molecule has 0 saturated carbocycles. The van der Waals surface area contributed by atoms with E-state index in [-0.39, 0.29) is 17.5 Å². The molecule has 0 saturated heterocycles. The predicted molar refractivity (Wildman–Crippen MR) is 119 cm³/mol. The number of aromatic amines is 1. The van der Waals surface area contributed by atoms with Crippen LogP contribution >= 0.6 is 22.7 Å². The molecule has 0 fully saturated rings. The van der Waals surface area contributed by atoms with Gasteiger partial charge in [-0.1, -0.05) is 30.3 Å². The second kappa shape index (κ2) is 8.89. The lowest BCUT2D eigenvalue weighted by atomic mass is 10.1. The molecule has 2 amide bonds. The van der Waals surface area contributed by atoms with Gasteiger partial charge in [-0.2, -0.15) is 0 Å². The minimum Gasteiger partial charge on any atom is -0.361 e. The van der Waals surface area contributed by atoms with Crippen molar-refractivity contribution in [3.8, 4) is 0 Å². The zero-order valence-electron chi connectivity index (χ0n) is 15.5. The molecule has 29 heavy (non-hydrogen) atoms. The molecule has 0 spiro atoms. The van der Waals surface area contributed by atoms with Crippen LogP contribution in [0.3, 0.4) is 0 Å². The smallest absolute Gasteiger partial charge is 0.267 e. The summed E-state index contributed by atoms with van der Waals surface area (Å²) in [5.74, 6) is -0.585. The summed E-state index contributed by atoms with van der Waals surface area (Å²) in [5.41, 5.74) is 2.47. The topological polar surface area (TPSA) is 74.0 Å². The summed E-state index contributed by atoms with van der Waals surface area (Å²) in [6.07, 6.45) is 4.37. The number of nitrogens with one attached hydrogen (secondary N) is 3. The van der Waals surface area contributed by atoms with Gasteiger partial charge in [-0.15, -0.1) is 22.7 Å². The highest BCUT2D eigenvalue weighted by atomic mass is 32.1. The number of fused-ring (bicyclic) bond motifs is 1. The molecule has 3 aromatic heterocycles. The number of thiophene rings is 2. The first-order valence-corrected chi connectivity index (χ1v) is 10.9. The second-order valence-corrected chi connectivity index (χ2v) is 8.30. The van der Waals surface area contributed by atoms with Crippen LogP contribution in [0.4, 0.5) is 0 Å². The highest BCUT2D eigenvalue weighted by Gasteiger charge is 2.15. The first-order chi connectivity index (χ1) is 14.2. The normalized spacial score (nSPS) is 11.5. The minimum absolute atomic E-state index is 0.241. The number of amides is 2. The van der Waals surface area contributed by atoms with Gasteiger partial charge in [0, 0.05) is 28.5 Å². The lowest BCUT2D eigenvalue weighted by molar-refractivity contribution is -0.117. The Labute approximate surface area is 176 Å². The molecule has 0 aliphatic heterocycles. The summed E-state index contributed by atoms with van der Waals surface area (Å²) >= 11 is 2.85. The first kappa shape index (κ1) is 19.2. The van der Waals surface area contributed by atoms with Crippen molar-refractivity contribution < 1.29 is 9.59 Å². The zero-order chi connectivity index (χ0) is 20.1. The summed E-state index contributed by atoms with van der Waals surface area (Å²) < 4.78 is 0. The van der Waals surface area contributed by atoms with Gasteiger partial charge in [-0.05, 0) is 47.0 Å². The van der Waals surface area contributed by atoms with Crippen LogP contribution in [0.15, 0.2) is 71.2 Å². The third-order valence-corrected chi connectivity index (χ3v) is 6.11. The Morgan fingerprint density at radius 3 is 2.62 bits per heavy atom. The average molecular weight is 422 g/mol. The van der Waals surface area contributed by atoms with Crippen molar-refractivity contribution >= 4 is 51.5 Å². The average Bonchev–Trinajstić information content (AvgIpc) is 3.49. The number of carbonyl (C=O) groups excluding carboxylic acids is 2. The zero-order valence-corrected chi connectivity index (χ0v) is 17.1. The fourth-order valence-corrected chi connectivity index (χ4v) is 4.29. The van der Waals surface area contributed by atoms with Gasteiger partial charge < -0.3 is 15.6 Å². The second-order valence-electron chi connectivity index (χ2n) is 6.37. The molecule has 0 atom stereocenters. The van der Waals surface area contributed by atoms with E-state index in [0.717, 1.165) is 21.3 Å². The summed E-state index contributed by atoms with van der Waals surface area (Å²) in [6, 6.07) is 15.4. The third-order valence-electron chi connectivity index (χ3n) is 4.42. The van der Waals surface area contributed by atoms with Gasteiger partial charge in [0.15, 0.2) is 0 Å². The van der Waals surface area contributed by atoms with Crippen molar-refractivity contribution in [1.82, 2.24) is 15.6 Å². The lowest BCUT2D eigenvalue weighted by Crippen LogP contribution is -2.35. The number of aromatic nitrogens is 1. The van der Waals surface area contributed by atoms with E-state index >= 15 is 0 Å². The van der Waals surface area contributed by atoms with Crippen LogP contribution < -0.4 is 10.6 Å². The van der Waals surface area contributed by atoms with Gasteiger partial charge in [-0.3, -0.25) is 9.59 Å². The van der Waals surface area contributed by atoms with Crippen molar-refractivity contribution in [3.63, 3.8) is 0 Å². The Balaban J connectivity index is 1.44. The molecule has 0 unspecified atom stereocenters. The van der Waals surface area contributed by atoms with Crippen LogP contribution in [-0.2, 0) is 11.2 Å².